The Morgan fingerprint density at radius 1 is 1.27 bits per heavy atom. The Morgan fingerprint density at radius 2 is 1.92 bits per heavy atom. The van der Waals surface area contributed by atoms with Crippen LogP contribution in [0, 0.1) is 17.2 Å². The quantitative estimate of drug-likeness (QED) is 0.450. The number of nitrogens with one attached hydrogen (secondary N) is 2. The second-order valence-electron chi connectivity index (χ2n) is 8.24. The summed E-state index contributed by atoms with van der Waals surface area (Å²) in [6.07, 6.45) is -0.251. The number of aromatic nitrogens is 3. The molecule has 37 heavy (non-hydrogen) atoms. The van der Waals surface area contributed by atoms with Crippen molar-refractivity contribution in [2.24, 2.45) is 5.92 Å². The standard InChI is InChI=1S/C21H17Cl2F2N5O6S/c22-13-5-11(30-21(33)27-20(32)17(28-30)19(24)25)6-14(23)18(13)36-12-1-2-15(31)16(7-12)37(34,35)29-10-3-9(4-10)8-26/h1-2,5-7,9-10,15-16,19,29,31H,3-4H2,(H,27,32,33)/t9-,10+,15?,16?. The minimum absolute atomic E-state index is 0.0277. The molecule has 2 aliphatic carbocycles. The maximum atomic E-state index is 13.0. The lowest BCUT2D eigenvalue weighted by Crippen LogP contribution is -2.49. The third-order valence-electron chi connectivity index (χ3n) is 5.64. The van der Waals surface area contributed by atoms with E-state index in [0.717, 1.165) is 18.2 Å². The van der Waals surface area contributed by atoms with Crippen LogP contribution in [0.1, 0.15) is 25.0 Å². The first-order valence-electron chi connectivity index (χ1n) is 10.6. The number of aromatic amines is 1. The van der Waals surface area contributed by atoms with Crippen molar-refractivity contribution < 1.29 is 27.0 Å². The molecule has 1 heterocycles. The number of hydrogen-bond acceptors (Lipinski definition) is 8. The zero-order valence-electron chi connectivity index (χ0n) is 18.4. The van der Waals surface area contributed by atoms with Gasteiger partial charge in [-0.15, -0.1) is 0 Å². The van der Waals surface area contributed by atoms with Crippen LogP contribution in [-0.4, -0.2) is 45.7 Å². The number of ether oxygens (including phenoxy) is 1. The lowest BCUT2D eigenvalue weighted by atomic mass is 9.82. The van der Waals surface area contributed by atoms with Gasteiger partial charge in [0.05, 0.1) is 27.9 Å². The van der Waals surface area contributed by atoms with E-state index in [1.54, 1.807) is 4.98 Å². The molecule has 16 heteroatoms. The highest BCUT2D eigenvalue weighted by molar-refractivity contribution is 7.90. The summed E-state index contributed by atoms with van der Waals surface area (Å²) in [5.41, 5.74) is -3.80. The molecule has 0 spiro atoms. The van der Waals surface area contributed by atoms with E-state index in [0.29, 0.717) is 17.5 Å². The van der Waals surface area contributed by atoms with E-state index < -0.39 is 50.8 Å². The van der Waals surface area contributed by atoms with Crippen molar-refractivity contribution >= 4 is 33.2 Å². The number of nitriles is 1. The van der Waals surface area contributed by atoms with Gasteiger partial charge in [-0.25, -0.2) is 26.7 Å². The highest BCUT2D eigenvalue weighted by Crippen LogP contribution is 2.37. The average molecular weight is 576 g/mol. The second kappa shape index (κ2) is 10.3. The molecule has 0 saturated heterocycles. The van der Waals surface area contributed by atoms with Crippen LogP contribution in [-0.2, 0) is 10.0 Å². The first-order chi connectivity index (χ1) is 17.4. The van der Waals surface area contributed by atoms with Crippen molar-refractivity contribution in [1.82, 2.24) is 19.5 Å². The van der Waals surface area contributed by atoms with E-state index >= 15 is 0 Å². The Bertz CT molecular complexity index is 1540. The fourth-order valence-electron chi connectivity index (χ4n) is 3.71. The highest BCUT2D eigenvalue weighted by atomic mass is 35.5. The number of sulfonamides is 1. The van der Waals surface area contributed by atoms with Gasteiger partial charge in [-0.2, -0.15) is 15.0 Å². The lowest BCUT2D eigenvalue weighted by Gasteiger charge is -2.33. The van der Waals surface area contributed by atoms with Gasteiger partial charge in [-0.1, -0.05) is 29.3 Å². The Labute approximate surface area is 217 Å². The minimum atomic E-state index is -4.05. The molecule has 0 aliphatic heterocycles. The SMILES string of the molecule is N#C[C@H]1C[C@@H](NS(=O)(=O)C2C=C(Oc3c(Cl)cc(-n4nc(C(F)F)c(=O)[nH]c4=O)cc3Cl)C=CC2O)C1. The second-order valence-corrected chi connectivity index (χ2v) is 10.9. The number of halogens is 4. The Balaban J connectivity index is 1.60. The summed E-state index contributed by atoms with van der Waals surface area (Å²) in [6.45, 7) is 0. The van der Waals surface area contributed by atoms with Crippen LogP contribution in [0.3, 0.4) is 0 Å². The van der Waals surface area contributed by atoms with Gasteiger partial charge < -0.3 is 9.84 Å². The largest absolute Gasteiger partial charge is 0.455 e. The van der Waals surface area contributed by atoms with Crippen LogP contribution in [0.4, 0.5) is 8.78 Å². The molecule has 196 valence electrons. The first kappa shape index (κ1) is 27.0. The monoisotopic (exact) mass is 575 g/mol. The number of rotatable bonds is 7. The van der Waals surface area contributed by atoms with Crippen molar-refractivity contribution in [3.8, 4) is 17.5 Å². The van der Waals surface area contributed by atoms with Gasteiger partial charge in [0.1, 0.15) is 11.0 Å². The van der Waals surface area contributed by atoms with E-state index in [1.807, 2.05) is 0 Å². The number of H-pyrrole nitrogens is 1. The fraction of sp³-hybridized carbons (Fsp3) is 0.333. The summed E-state index contributed by atoms with van der Waals surface area (Å²) < 4.78 is 60.3. The van der Waals surface area contributed by atoms with E-state index in [2.05, 4.69) is 15.9 Å². The van der Waals surface area contributed by atoms with E-state index in [4.69, 9.17) is 33.2 Å². The number of nitrogens with zero attached hydrogens (tertiary/aromatic N) is 3. The van der Waals surface area contributed by atoms with Crippen molar-refractivity contribution in [3.05, 3.63) is 72.7 Å². The molecule has 2 aliphatic rings. The number of aliphatic hydroxyl groups is 1. The van der Waals surface area contributed by atoms with Gasteiger partial charge >= 0.3 is 5.69 Å². The van der Waals surface area contributed by atoms with Crippen molar-refractivity contribution in [2.45, 2.75) is 36.7 Å². The number of alkyl halides is 2. The molecule has 1 aromatic carbocycles. The van der Waals surface area contributed by atoms with Crippen LogP contribution in [0.5, 0.6) is 5.75 Å². The highest BCUT2D eigenvalue weighted by Gasteiger charge is 2.38. The Hall–Kier alpha value is -3.09. The third kappa shape index (κ3) is 5.60. The summed E-state index contributed by atoms with van der Waals surface area (Å²) in [5.74, 6) is -0.416. The van der Waals surface area contributed by atoms with Gasteiger partial charge in [0.2, 0.25) is 10.0 Å². The molecule has 0 radical (unpaired) electrons. The van der Waals surface area contributed by atoms with Crippen LogP contribution in [0.25, 0.3) is 5.69 Å². The molecular weight excluding hydrogens is 559 g/mol. The molecule has 3 N–H and O–H groups in total. The minimum Gasteiger partial charge on any atom is -0.455 e. The smallest absolute Gasteiger partial charge is 0.349 e. The third-order valence-corrected chi connectivity index (χ3v) is 8.00. The summed E-state index contributed by atoms with van der Waals surface area (Å²) >= 11 is 12.5. The average Bonchev–Trinajstić information content (AvgIpc) is 2.79. The van der Waals surface area contributed by atoms with E-state index in [-0.39, 0.29) is 33.2 Å². The van der Waals surface area contributed by atoms with Crippen LogP contribution in [0.15, 0.2) is 45.7 Å². The molecule has 4 rings (SSSR count). The molecule has 1 aromatic heterocycles. The molecule has 1 fully saturated rings. The van der Waals surface area contributed by atoms with Crippen molar-refractivity contribution in [1.29, 1.82) is 5.26 Å². The maximum Gasteiger partial charge on any atom is 0.349 e. The number of benzene rings is 1. The predicted octanol–water partition coefficient (Wildman–Crippen LogP) is 1.95. The molecule has 2 unspecified atom stereocenters. The zero-order valence-corrected chi connectivity index (χ0v) is 20.8. The topological polar surface area (TPSA) is 167 Å². The van der Waals surface area contributed by atoms with Gasteiger partial charge in [0.25, 0.3) is 12.0 Å². The number of allylic oxidation sites excluding steroid dienone is 1. The molecule has 2 aromatic rings. The molecular formula is C21H17Cl2F2N5O6S. The summed E-state index contributed by atoms with van der Waals surface area (Å²) in [6, 6.07) is 3.87. The number of hydrogen-bond donors (Lipinski definition) is 3. The molecule has 11 nitrogen and oxygen atoms in total. The zero-order chi connectivity index (χ0) is 27.1. The van der Waals surface area contributed by atoms with E-state index in [9.17, 15) is 31.9 Å². The fourth-order valence-corrected chi connectivity index (χ4v) is 5.84. The normalized spacial score (nSPS) is 23.3. The molecule has 2 atom stereocenters. The van der Waals surface area contributed by atoms with Gasteiger partial charge in [-0.05, 0) is 37.1 Å². The molecule has 1 saturated carbocycles. The van der Waals surface area contributed by atoms with Crippen LogP contribution < -0.4 is 20.7 Å². The Kier molecular flexibility index (Phi) is 7.54. The summed E-state index contributed by atoms with van der Waals surface area (Å²) in [4.78, 5) is 25.4. The van der Waals surface area contributed by atoms with E-state index in [1.165, 1.54) is 12.2 Å². The van der Waals surface area contributed by atoms with Gasteiger partial charge in [0.15, 0.2) is 11.4 Å². The predicted molar refractivity (Wildman–Crippen MR) is 127 cm³/mol. The Morgan fingerprint density at radius 3 is 2.51 bits per heavy atom. The first-order valence-corrected chi connectivity index (χ1v) is 12.9. The number of aliphatic hydroxyl groups excluding tert-OH is 1. The summed E-state index contributed by atoms with van der Waals surface area (Å²) in [7, 11) is -4.05. The molecule has 0 bridgehead atoms. The molecule has 0 amide bonds. The maximum absolute atomic E-state index is 13.0. The summed E-state index contributed by atoms with van der Waals surface area (Å²) in [5, 5.41) is 20.7. The van der Waals surface area contributed by atoms with Gasteiger partial charge in [-0.3, -0.25) is 9.78 Å². The van der Waals surface area contributed by atoms with Crippen molar-refractivity contribution in [2.75, 3.05) is 0 Å². The van der Waals surface area contributed by atoms with Crippen molar-refractivity contribution in [3.63, 3.8) is 0 Å². The van der Waals surface area contributed by atoms with Crippen LogP contribution in [0.2, 0.25) is 10.0 Å². The van der Waals surface area contributed by atoms with Gasteiger partial charge in [0, 0.05) is 12.0 Å². The lowest BCUT2D eigenvalue weighted by molar-refractivity contribution is 0.141. The van der Waals surface area contributed by atoms with Crippen LogP contribution >= 0.6 is 23.2 Å².